The van der Waals surface area contributed by atoms with Crippen LogP contribution in [0.3, 0.4) is 0 Å². The number of rotatable bonds is 6. The van der Waals surface area contributed by atoms with Gasteiger partial charge in [0.15, 0.2) is 18.9 Å². The van der Waals surface area contributed by atoms with E-state index in [1.807, 2.05) is 75.4 Å². The van der Waals surface area contributed by atoms with E-state index in [0.29, 0.717) is 112 Å². The molecule has 21 rings (SSSR count). The first-order valence-electron chi connectivity index (χ1n) is 54.5. The van der Waals surface area contributed by atoms with Crippen LogP contribution in [0.15, 0.2) is 109 Å². The molecule has 9 aliphatic heterocycles. The number of hydrogen-bond acceptors (Lipinski definition) is 24. The van der Waals surface area contributed by atoms with Gasteiger partial charge in [-0.15, -0.1) is 0 Å². The number of sulfonamides is 3. The Labute approximate surface area is 887 Å². The molecule has 3 N–H and O–H groups in total. The van der Waals surface area contributed by atoms with Crippen molar-refractivity contribution in [3.05, 3.63) is 174 Å². The molecular formula is C114H156Cl3N9O18S3. The number of halogens is 3. The van der Waals surface area contributed by atoms with Crippen LogP contribution in [0.5, 0.6) is 17.2 Å². The number of ether oxygens (including phenoxy) is 9. The maximum Gasteiger partial charge on any atom is 0.264 e. The number of anilines is 3. The van der Waals surface area contributed by atoms with Gasteiger partial charge in [0.25, 0.3) is 17.7 Å². The van der Waals surface area contributed by atoms with Crippen molar-refractivity contribution in [1.82, 2.24) is 28.9 Å². The second kappa shape index (κ2) is 45.1. The van der Waals surface area contributed by atoms with Gasteiger partial charge in [0.05, 0.1) is 112 Å². The smallest absolute Gasteiger partial charge is 0.264 e. The van der Waals surface area contributed by atoms with Gasteiger partial charge in [-0.2, -0.15) is 0 Å². The molecule has 0 unspecified atom stereocenters. The van der Waals surface area contributed by atoms with Crippen molar-refractivity contribution >= 4 is 99.7 Å². The summed E-state index contributed by atoms with van der Waals surface area (Å²) in [5.74, 6) is 3.22. The summed E-state index contributed by atoms with van der Waals surface area (Å²) >= 11 is 19.4. The molecule has 6 fully saturated rings. The van der Waals surface area contributed by atoms with E-state index in [-0.39, 0.29) is 124 Å². The van der Waals surface area contributed by atoms with E-state index >= 15 is 0 Å². The number of benzene rings is 6. The number of hydrogen-bond donors (Lipinski definition) is 3. The number of amides is 3. The van der Waals surface area contributed by atoms with Gasteiger partial charge in [-0.25, -0.2) is 39.4 Å². The molecule has 6 bridgehead atoms. The second-order valence-corrected chi connectivity index (χ2v) is 54.2. The highest BCUT2D eigenvalue weighted by Gasteiger charge is 2.53. The highest BCUT2D eigenvalue weighted by atomic mass is 35.5. The summed E-state index contributed by atoms with van der Waals surface area (Å²) in [6.45, 7) is 22.3. The number of aryl methyl sites for hydroxylation is 3. The van der Waals surface area contributed by atoms with Gasteiger partial charge in [-0.05, 0) is 373 Å². The minimum Gasteiger partial charge on any atom is -0.490 e. The van der Waals surface area contributed by atoms with Gasteiger partial charge in [0, 0.05) is 105 Å². The summed E-state index contributed by atoms with van der Waals surface area (Å²) < 4.78 is 146. The highest BCUT2D eigenvalue weighted by molar-refractivity contribution is 7.90. The molecule has 3 spiro atoms. The van der Waals surface area contributed by atoms with E-state index in [4.69, 9.17) is 77.4 Å². The zero-order chi connectivity index (χ0) is 104. The molecule has 3 saturated heterocycles. The summed E-state index contributed by atoms with van der Waals surface area (Å²) in [7, 11) is 0.797. The first-order chi connectivity index (χ1) is 70.2. The van der Waals surface area contributed by atoms with Gasteiger partial charge >= 0.3 is 0 Å². The van der Waals surface area contributed by atoms with E-state index in [9.17, 15) is 39.6 Å². The van der Waals surface area contributed by atoms with E-state index in [1.165, 1.54) is 33.4 Å². The Morgan fingerprint density at radius 2 is 0.585 bits per heavy atom. The fourth-order valence-electron chi connectivity index (χ4n) is 27.1. The topological polar surface area (TPSA) is 292 Å². The van der Waals surface area contributed by atoms with Crippen molar-refractivity contribution in [3.8, 4) is 17.2 Å². The van der Waals surface area contributed by atoms with Gasteiger partial charge < -0.3 is 72.0 Å². The lowest BCUT2D eigenvalue weighted by atomic mass is 9.64. The third-order valence-electron chi connectivity index (χ3n) is 37.3. The molecule has 804 valence electrons. The molecule has 6 aromatic rings. The Balaban J connectivity index is 0.000000139. The second-order valence-electron chi connectivity index (χ2n) is 47.5. The fraction of sp³-hybridized carbons (Fsp3) is 0.658. The average Bonchev–Trinajstić information content (AvgIpc) is 1.65. The summed E-state index contributed by atoms with van der Waals surface area (Å²) in [5.41, 5.74) is 10.5. The molecule has 0 radical (unpaired) electrons. The monoisotopic (exact) mass is 2140 g/mol. The Morgan fingerprint density at radius 3 is 0.830 bits per heavy atom. The number of nitrogens with zero attached hydrogens (tertiary/aromatic N) is 6. The van der Waals surface area contributed by atoms with Crippen LogP contribution >= 0.6 is 34.8 Å². The molecule has 0 aromatic heterocycles. The van der Waals surface area contributed by atoms with Crippen LogP contribution in [-0.2, 0) is 94.0 Å². The average molecular weight is 2140 g/mol. The minimum absolute atomic E-state index is 0.107. The van der Waals surface area contributed by atoms with Gasteiger partial charge in [-0.3, -0.25) is 14.4 Å². The number of fused-ring (bicyclic) bond motifs is 12. The number of carbonyl (C=O) groups is 3. The van der Waals surface area contributed by atoms with Crippen LogP contribution in [0.1, 0.15) is 222 Å². The lowest BCUT2D eigenvalue weighted by Crippen LogP contribution is -2.52. The van der Waals surface area contributed by atoms with Crippen LogP contribution in [0.2, 0.25) is 15.1 Å². The lowest BCUT2D eigenvalue weighted by Gasteiger charge is -2.49. The van der Waals surface area contributed by atoms with Gasteiger partial charge in [0.1, 0.15) is 17.2 Å². The van der Waals surface area contributed by atoms with Crippen molar-refractivity contribution in [1.29, 1.82) is 0 Å². The standard InChI is InChI=1S/3C38H52ClN3O6S/c3*1-24-7-11-32(37-46-19-30(20-47-37)41(3)4)31-12-8-28(31)18-42-22-38(15-5-6-26-16-29(39)10-13-33(26)38)23-48-35-14-9-27(17-34(35)42)36(43)40-49(44,45)21-25(24)2/h3*9-10,13-14,16-17,24-25,28,30-32,37H,5-8,11-12,15,18-23H2,1-4H3,(H,40,43)/t24-,25+,28-,30?,31+,32+,37?,38-;2*24-,25+,28-,30?,31+,32-,37?,38-/m000/s1. The minimum atomic E-state index is -3.86. The largest absolute Gasteiger partial charge is 0.490 e. The molecule has 15 aliphatic rings. The summed E-state index contributed by atoms with van der Waals surface area (Å²) in [4.78, 5) is 54.3. The first-order valence-corrected chi connectivity index (χ1v) is 60.6. The highest BCUT2D eigenvalue weighted by Crippen LogP contribution is 2.56. The maximum absolute atomic E-state index is 13.5. The van der Waals surface area contributed by atoms with E-state index in [2.05, 4.69) is 143 Å². The zero-order valence-corrected chi connectivity index (χ0v) is 92.7. The Hall–Kier alpha value is -7.11. The molecule has 27 nitrogen and oxygen atoms in total. The summed E-state index contributed by atoms with van der Waals surface area (Å²) in [6.07, 6.45) is 20.2. The fourth-order valence-corrected chi connectivity index (χ4v) is 32.2. The summed E-state index contributed by atoms with van der Waals surface area (Å²) in [5, 5.41) is 2.25. The summed E-state index contributed by atoms with van der Waals surface area (Å²) in [6, 6.07) is 35.6. The Bertz CT molecular complexity index is 5510. The Morgan fingerprint density at radius 1 is 0.327 bits per heavy atom. The number of nitrogens with one attached hydrogen (secondary N) is 3. The van der Waals surface area contributed by atoms with Gasteiger partial charge in [0.2, 0.25) is 30.1 Å². The van der Waals surface area contributed by atoms with Crippen LogP contribution in [0, 0.1) is 88.8 Å². The Kier molecular flexibility index (Phi) is 33.2. The van der Waals surface area contributed by atoms with Gasteiger partial charge in [-0.1, -0.05) is 94.5 Å². The van der Waals surface area contributed by atoms with E-state index in [1.54, 1.807) is 18.2 Å². The van der Waals surface area contributed by atoms with E-state index in [0.717, 1.165) is 223 Å². The molecular weight excluding hydrogens is 1990 g/mol. The SMILES string of the molecule is C[C@@H]1CS(=O)(=O)NC(=O)c2ccc3c(c2)N(C[C@@H]2CC[C@H]2[C@@H](C2OCC(N(C)C)CO2)CC[C@@H]1C)C[C@@]1(CCCc2cc(Cl)ccc21)CO3.C[C@@H]1CS(=O)(=O)NC(=O)c2ccc3c(c2)N(C[C@@H]2CC[C@H]2[C@@H](C2OCC(N(C)C)CO2)CC[C@@H]1C)C[C@@]1(CCCc2cc(Cl)ccc21)CO3.C[C@@H]1CS(=O)(=O)NC(=O)c2ccc3c(c2)N(C[C@@H]2CC[C@H]2[C@H](C2OCC(N(C)C)CO2)CC[C@@H]1C)C[C@@]1(CCCc2cc(Cl)ccc21)CO3. The number of carbonyl (C=O) groups excluding carboxylic acids is 3. The molecule has 3 saturated carbocycles. The van der Waals surface area contributed by atoms with E-state index < -0.39 is 47.8 Å². The first kappa shape index (κ1) is 108. The molecule has 6 aromatic carbocycles. The van der Waals surface area contributed by atoms with Crippen LogP contribution in [0.4, 0.5) is 17.1 Å². The zero-order valence-electron chi connectivity index (χ0n) is 88.0. The van der Waals surface area contributed by atoms with Crippen LogP contribution < -0.4 is 43.1 Å². The van der Waals surface area contributed by atoms with Crippen molar-refractivity contribution in [2.24, 2.45) is 88.8 Å². The van der Waals surface area contributed by atoms with Crippen molar-refractivity contribution in [2.45, 2.75) is 230 Å². The lowest BCUT2D eigenvalue weighted by molar-refractivity contribution is -0.241. The third-order valence-corrected chi connectivity index (χ3v) is 42.4. The van der Waals surface area contributed by atoms with Crippen LogP contribution in [0.25, 0.3) is 0 Å². The predicted molar refractivity (Wildman–Crippen MR) is 576 cm³/mol. The molecule has 9 heterocycles. The van der Waals surface area contributed by atoms with Crippen molar-refractivity contribution in [3.63, 3.8) is 0 Å². The molecule has 6 aliphatic carbocycles. The molecule has 18 atom stereocenters. The van der Waals surface area contributed by atoms with Crippen LogP contribution in [-0.4, -0.2) is 253 Å². The van der Waals surface area contributed by atoms with Crippen molar-refractivity contribution < 1.29 is 82.3 Å². The predicted octanol–water partition coefficient (Wildman–Crippen LogP) is 17.7. The molecule has 147 heavy (non-hydrogen) atoms. The normalized spacial score (nSPS) is 34.9. The van der Waals surface area contributed by atoms with Crippen molar-refractivity contribution in [2.75, 3.05) is 173 Å². The quantitative estimate of drug-likeness (QED) is 0.140. The molecule has 33 heteroatoms. The maximum atomic E-state index is 13.5. The number of likely N-dealkylation sites (N-methyl/N-ethyl adjacent to an activating group) is 3. The molecule has 3 amide bonds. The third kappa shape index (κ3) is 24.1.